The van der Waals surface area contributed by atoms with Gasteiger partial charge in [-0.25, -0.2) is 9.59 Å². The maximum Gasteiger partial charge on any atom is 0.339 e. The molecule has 1 aliphatic heterocycles. The van der Waals surface area contributed by atoms with Crippen LogP contribution in [-0.4, -0.2) is 49.4 Å². The third-order valence-corrected chi connectivity index (χ3v) is 4.86. The molecule has 30 heavy (non-hydrogen) atoms. The number of rotatable bonds is 6. The highest BCUT2D eigenvalue weighted by Crippen LogP contribution is 2.21. The molecule has 0 saturated carbocycles. The van der Waals surface area contributed by atoms with Crippen molar-refractivity contribution < 1.29 is 28.7 Å². The average molecular weight is 410 g/mol. The van der Waals surface area contributed by atoms with Crippen LogP contribution in [0.4, 0.5) is 5.69 Å². The fourth-order valence-corrected chi connectivity index (χ4v) is 3.23. The molecule has 8 heteroatoms. The lowest BCUT2D eigenvalue weighted by Gasteiger charge is -2.15. The van der Waals surface area contributed by atoms with E-state index >= 15 is 0 Å². The monoisotopic (exact) mass is 410 g/mol. The average Bonchev–Trinajstić information content (AvgIpc) is 3.17. The van der Waals surface area contributed by atoms with Gasteiger partial charge in [0.2, 0.25) is 5.91 Å². The van der Waals surface area contributed by atoms with Crippen LogP contribution in [0.1, 0.15) is 49.5 Å². The summed E-state index contributed by atoms with van der Waals surface area (Å²) in [6.07, 6.45) is 1.44. The van der Waals surface area contributed by atoms with Crippen molar-refractivity contribution in [2.24, 2.45) is 0 Å². The van der Waals surface area contributed by atoms with Crippen LogP contribution in [0.2, 0.25) is 0 Å². The molecule has 2 aromatic carbocycles. The molecule has 2 amide bonds. The zero-order valence-corrected chi connectivity index (χ0v) is 16.8. The molecule has 0 aromatic heterocycles. The SMILES string of the molecule is COC(=O)c1ccc(C(=O)OC)c(NC(=O)c2ccc(CN3CCCC3=O)cc2)c1. The van der Waals surface area contributed by atoms with Gasteiger partial charge in [-0.05, 0) is 42.3 Å². The molecular formula is C22H22N2O6. The molecule has 0 bridgehead atoms. The van der Waals surface area contributed by atoms with Crippen molar-refractivity contribution in [2.75, 3.05) is 26.1 Å². The van der Waals surface area contributed by atoms with E-state index in [1.807, 2.05) is 0 Å². The molecule has 1 N–H and O–H groups in total. The van der Waals surface area contributed by atoms with Gasteiger partial charge in [-0.2, -0.15) is 0 Å². The number of amides is 2. The van der Waals surface area contributed by atoms with Crippen molar-refractivity contribution in [1.29, 1.82) is 0 Å². The minimum atomic E-state index is -0.646. The second-order valence-corrected chi connectivity index (χ2v) is 6.81. The summed E-state index contributed by atoms with van der Waals surface area (Å²) in [5.41, 5.74) is 1.73. The standard InChI is InChI=1S/C22H22N2O6/c1-29-21(27)16-9-10-17(22(28)30-2)18(12-16)23-20(26)15-7-5-14(6-8-15)13-24-11-3-4-19(24)25/h5-10,12H,3-4,11,13H2,1-2H3,(H,23,26). The summed E-state index contributed by atoms with van der Waals surface area (Å²) in [4.78, 5) is 50.0. The predicted octanol–water partition coefficient (Wildman–Crippen LogP) is 2.63. The smallest absolute Gasteiger partial charge is 0.339 e. The normalized spacial score (nSPS) is 13.1. The highest BCUT2D eigenvalue weighted by Gasteiger charge is 2.21. The Hall–Kier alpha value is -3.68. The van der Waals surface area contributed by atoms with E-state index in [9.17, 15) is 19.2 Å². The molecule has 1 aliphatic rings. The Balaban J connectivity index is 1.78. The second-order valence-electron chi connectivity index (χ2n) is 6.81. The fraction of sp³-hybridized carbons (Fsp3) is 0.273. The number of likely N-dealkylation sites (tertiary alicyclic amines) is 1. The maximum absolute atomic E-state index is 12.7. The maximum atomic E-state index is 12.7. The highest BCUT2D eigenvalue weighted by molar-refractivity contribution is 6.09. The van der Waals surface area contributed by atoms with Gasteiger partial charge in [0.1, 0.15) is 0 Å². The molecule has 1 fully saturated rings. The third-order valence-electron chi connectivity index (χ3n) is 4.86. The molecule has 1 saturated heterocycles. The number of methoxy groups -OCH3 is 2. The van der Waals surface area contributed by atoms with Gasteiger partial charge >= 0.3 is 11.9 Å². The lowest BCUT2D eigenvalue weighted by atomic mass is 10.1. The van der Waals surface area contributed by atoms with E-state index in [0.717, 1.165) is 18.5 Å². The summed E-state index contributed by atoms with van der Waals surface area (Å²) >= 11 is 0. The predicted molar refractivity (Wildman–Crippen MR) is 108 cm³/mol. The van der Waals surface area contributed by atoms with Gasteiger partial charge in [0, 0.05) is 25.1 Å². The van der Waals surface area contributed by atoms with Gasteiger partial charge in [-0.15, -0.1) is 0 Å². The van der Waals surface area contributed by atoms with E-state index in [1.165, 1.54) is 32.4 Å². The zero-order chi connectivity index (χ0) is 21.7. The first-order valence-corrected chi connectivity index (χ1v) is 9.41. The minimum absolute atomic E-state index is 0.114. The van der Waals surface area contributed by atoms with Crippen molar-refractivity contribution in [1.82, 2.24) is 4.90 Å². The first kappa shape index (κ1) is 21.0. The number of carbonyl (C=O) groups excluding carboxylic acids is 4. The fourth-order valence-electron chi connectivity index (χ4n) is 3.23. The lowest BCUT2D eigenvalue weighted by Crippen LogP contribution is -2.23. The van der Waals surface area contributed by atoms with Crippen LogP contribution in [-0.2, 0) is 20.8 Å². The highest BCUT2D eigenvalue weighted by atomic mass is 16.5. The summed E-state index contributed by atoms with van der Waals surface area (Å²) < 4.78 is 9.43. The number of benzene rings is 2. The Morgan fingerprint density at radius 3 is 2.23 bits per heavy atom. The van der Waals surface area contributed by atoms with Crippen LogP contribution in [0.3, 0.4) is 0 Å². The molecule has 3 rings (SSSR count). The quantitative estimate of drug-likeness (QED) is 0.735. The van der Waals surface area contributed by atoms with E-state index in [-0.39, 0.29) is 22.7 Å². The molecule has 0 radical (unpaired) electrons. The summed E-state index contributed by atoms with van der Waals surface area (Å²) in [5.74, 6) is -1.56. The number of hydrogen-bond donors (Lipinski definition) is 1. The Morgan fingerprint density at radius 2 is 1.63 bits per heavy atom. The molecule has 2 aromatic rings. The van der Waals surface area contributed by atoms with E-state index in [0.29, 0.717) is 18.5 Å². The molecule has 8 nitrogen and oxygen atoms in total. The molecule has 0 spiro atoms. The van der Waals surface area contributed by atoms with Gasteiger partial charge in [-0.1, -0.05) is 12.1 Å². The van der Waals surface area contributed by atoms with Crippen molar-refractivity contribution in [3.8, 4) is 0 Å². The number of hydrogen-bond acceptors (Lipinski definition) is 6. The number of esters is 2. The molecule has 156 valence electrons. The lowest BCUT2D eigenvalue weighted by molar-refractivity contribution is -0.128. The summed E-state index contributed by atoms with van der Waals surface area (Å²) in [6, 6.07) is 11.0. The Bertz CT molecular complexity index is 984. The largest absolute Gasteiger partial charge is 0.465 e. The molecule has 0 aliphatic carbocycles. The van der Waals surface area contributed by atoms with E-state index in [4.69, 9.17) is 4.74 Å². The van der Waals surface area contributed by atoms with Crippen molar-refractivity contribution >= 4 is 29.4 Å². The molecule has 0 unspecified atom stereocenters. The first-order valence-electron chi connectivity index (χ1n) is 9.41. The number of nitrogens with one attached hydrogen (secondary N) is 1. The van der Waals surface area contributed by atoms with E-state index in [1.54, 1.807) is 29.2 Å². The van der Waals surface area contributed by atoms with Crippen molar-refractivity contribution in [2.45, 2.75) is 19.4 Å². The van der Waals surface area contributed by atoms with E-state index < -0.39 is 17.8 Å². The van der Waals surface area contributed by atoms with Crippen LogP contribution in [0.15, 0.2) is 42.5 Å². The first-order chi connectivity index (χ1) is 14.4. The number of nitrogens with zero attached hydrogens (tertiary/aromatic N) is 1. The third kappa shape index (κ3) is 4.65. The van der Waals surface area contributed by atoms with E-state index in [2.05, 4.69) is 10.1 Å². The van der Waals surface area contributed by atoms with Crippen LogP contribution in [0, 0.1) is 0 Å². The van der Waals surface area contributed by atoms with Crippen molar-refractivity contribution in [3.63, 3.8) is 0 Å². The topological polar surface area (TPSA) is 102 Å². The van der Waals surface area contributed by atoms with Gasteiger partial charge in [0.15, 0.2) is 0 Å². The Morgan fingerprint density at radius 1 is 0.967 bits per heavy atom. The zero-order valence-electron chi connectivity index (χ0n) is 16.8. The van der Waals surface area contributed by atoms with Crippen LogP contribution in [0.5, 0.6) is 0 Å². The number of ether oxygens (including phenoxy) is 2. The minimum Gasteiger partial charge on any atom is -0.465 e. The summed E-state index contributed by atoms with van der Waals surface area (Å²) in [5, 5.41) is 2.65. The van der Waals surface area contributed by atoms with Crippen LogP contribution >= 0.6 is 0 Å². The van der Waals surface area contributed by atoms with Gasteiger partial charge in [0.25, 0.3) is 5.91 Å². The second kappa shape index (κ2) is 9.21. The Kier molecular flexibility index (Phi) is 6.46. The Labute approximate surface area is 173 Å². The number of carbonyl (C=O) groups is 4. The van der Waals surface area contributed by atoms with Gasteiger partial charge < -0.3 is 19.7 Å². The number of anilines is 1. The van der Waals surface area contributed by atoms with Gasteiger partial charge in [0.05, 0.1) is 31.0 Å². The summed E-state index contributed by atoms with van der Waals surface area (Å²) in [7, 11) is 2.47. The van der Waals surface area contributed by atoms with Gasteiger partial charge in [-0.3, -0.25) is 9.59 Å². The summed E-state index contributed by atoms with van der Waals surface area (Å²) in [6.45, 7) is 1.25. The molecule has 0 atom stereocenters. The molecular weight excluding hydrogens is 388 g/mol. The van der Waals surface area contributed by atoms with Crippen LogP contribution < -0.4 is 5.32 Å². The van der Waals surface area contributed by atoms with Crippen LogP contribution in [0.25, 0.3) is 0 Å². The molecule has 1 heterocycles. The van der Waals surface area contributed by atoms with Crippen molar-refractivity contribution in [3.05, 3.63) is 64.7 Å².